The van der Waals surface area contributed by atoms with Gasteiger partial charge in [0.05, 0.1) is 12.8 Å². The van der Waals surface area contributed by atoms with Gasteiger partial charge < -0.3 is 21.4 Å². The molecule has 0 fully saturated rings. The first-order valence-corrected chi connectivity index (χ1v) is 8.47. The smallest absolute Gasteiger partial charge is 0.254 e. The second-order valence-corrected chi connectivity index (χ2v) is 6.27. The maximum absolute atomic E-state index is 13.2. The molecule has 0 spiro atoms. The Kier molecular flexibility index (Phi) is 4.96. The third kappa shape index (κ3) is 2.65. The summed E-state index contributed by atoms with van der Waals surface area (Å²) < 4.78 is 9.33. The number of nitrogens with zero attached hydrogens (tertiary/aromatic N) is 2. The highest BCUT2D eigenvalue weighted by Gasteiger charge is 2.42. The zero-order valence-electron chi connectivity index (χ0n) is 14.7. The minimum Gasteiger partial charge on any atom is -1.00 e. The van der Waals surface area contributed by atoms with E-state index in [-0.39, 0.29) is 28.5 Å². The highest BCUT2D eigenvalue weighted by atomic mass is 79.9. The zero-order valence-corrected chi connectivity index (χ0v) is 16.2. The van der Waals surface area contributed by atoms with E-state index in [0.717, 1.165) is 18.0 Å². The monoisotopic (exact) mass is 414 g/mol. The minimum atomic E-state index is -0.102. The number of hydrogen-bond donors (Lipinski definition) is 0. The molecular weight excluding hydrogens is 396 g/mol. The summed E-state index contributed by atoms with van der Waals surface area (Å²) in [6.07, 6.45) is 2.49. The molecule has 6 heteroatoms. The molecule has 4 rings (SSSR count). The van der Waals surface area contributed by atoms with Gasteiger partial charge in [-0.05, 0) is 18.6 Å². The SMILES string of the molecule is CCCn1c2c([n+](Cc3ccco3)c1C)C(=O)c1ccccc1C2=O.[Br-]. The summed E-state index contributed by atoms with van der Waals surface area (Å²) in [4.78, 5) is 26.3. The zero-order chi connectivity index (χ0) is 17.6. The molecule has 1 aliphatic carbocycles. The number of imidazole rings is 1. The van der Waals surface area contributed by atoms with E-state index >= 15 is 0 Å². The van der Waals surface area contributed by atoms with E-state index in [1.165, 1.54) is 0 Å². The number of aromatic nitrogens is 2. The molecule has 0 aliphatic heterocycles. The van der Waals surface area contributed by atoms with Crippen molar-refractivity contribution in [3.63, 3.8) is 0 Å². The number of ketones is 2. The van der Waals surface area contributed by atoms with Crippen LogP contribution in [0.3, 0.4) is 0 Å². The summed E-state index contributed by atoms with van der Waals surface area (Å²) in [6, 6.07) is 10.7. The van der Waals surface area contributed by atoms with Crippen molar-refractivity contribution in [3.8, 4) is 0 Å². The van der Waals surface area contributed by atoms with Gasteiger partial charge in [-0.2, -0.15) is 0 Å². The number of rotatable bonds is 4. The molecule has 1 aliphatic rings. The normalized spacial score (nSPS) is 12.5. The molecule has 0 amide bonds. The fourth-order valence-corrected chi connectivity index (χ4v) is 3.57. The van der Waals surface area contributed by atoms with E-state index in [4.69, 9.17) is 4.42 Å². The van der Waals surface area contributed by atoms with Crippen molar-refractivity contribution in [1.29, 1.82) is 0 Å². The predicted molar refractivity (Wildman–Crippen MR) is 90.8 cm³/mol. The molecule has 1 aromatic carbocycles. The van der Waals surface area contributed by atoms with Crippen LogP contribution in [0.2, 0.25) is 0 Å². The first-order chi connectivity index (χ1) is 12.1. The van der Waals surface area contributed by atoms with Gasteiger partial charge in [0.15, 0.2) is 0 Å². The van der Waals surface area contributed by atoms with Crippen molar-refractivity contribution < 1.29 is 35.6 Å². The van der Waals surface area contributed by atoms with Crippen molar-refractivity contribution in [1.82, 2.24) is 4.57 Å². The Balaban J connectivity index is 0.00000196. The van der Waals surface area contributed by atoms with E-state index in [2.05, 4.69) is 6.92 Å². The Morgan fingerprint density at radius 3 is 2.35 bits per heavy atom. The number of furan rings is 1. The fraction of sp³-hybridized carbons (Fsp3) is 0.250. The minimum absolute atomic E-state index is 0. The van der Waals surface area contributed by atoms with Crippen LogP contribution >= 0.6 is 0 Å². The molecule has 5 nitrogen and oxygen atoms in total. The lowest BCUT2D eigenvalue weighted by Gasteiger charge is -2.12. The average Bonchev–Trinajstić information content (AvgIpc) is 3.22. The molecule has 0 radical (unpaired) electrons. The summed E-state index contributed by atoms with van der Waals surface area (Å²) in [7, 11) is 0. The van der Waals surface area contributed by atoms with E-state index < -0.39 is 0 Å². The molecule has 2 aromatic heterocycles. The van der Waals surface area contributed by atoms with Gasteiger partial charge in [-0.25, -0.2) is 9.13 Å². The van der Waals surface area contributed by atoms with Gasteiger partial charge in [0.25, 0.3) is 5.82 Å². The van der Waals surface area contributed by atoms with Crippen LogP contribution in [0.4, 0.5) is 0 Å². The molecular formula is C20H19BrN2O3. The first-order valence-electron chi connectivity index (χ1n) is 8.47. The second kappa shape index (κ2) is 7.03. The molecule has 26 heavy (non-hydrogen) atoms. The van der Waals surface area contributed by atoms with Gasteiger partial charge in [-0.3, -0.25) is 9.59 Å². The molecule has 134 valence electrons. The predicted octanol–water partition coefficient (Wildman–Crippen LogP) is -0.0853. The summed E-state index contributed by atoms with van der Waals surface area (Å²) in [5.41, 5.74) is 1.92. The molecule has 0 saturated heterocycles. The van der Waals surface area contributed by atoms with Crippen molar-refractivity contribution >= 4 is 11.6 Å². The van der Waals surface area contributed by atoms with E-state index in [1.807, 2.05) is 28.2 Å². The average molecular weight is 415 g/mol. The lowest BCUT2D eigenvalue weighted by Crippen LogP contribution is -3.00. The summed E-state index contributed by atoms with van der Waals surface area (Å²) in [6.45, 7) is 5.13. The van der Waals surface area contributed by atoms with E-state index in [0.29, 0.717) is 35.6 Å². The van der Waals surface area contributed by atoms with E-state index in [1.54, 1.807) is 30.5 Å². The van der Waals surface area contributed by atoms with Crippen molar-refractivity contribution in [3.05, 3.63) is 76.8 Å². The van der Waals surface area contributed by atoms with Crippen LogP contribution in [0.1, 0.15) is 57.0 Å². The molecule has 2 heterocycles. The number of fused-ring (bicyclic) bond motifs is 2. The van der Waals surface area contributed by atoms with Crippen LogP contribution < -0.4 is 21.5 Å². The Morgan fingerprint density at radius 1 is 1.04 bits per heavy atom. The largest absolute Gasteiger partial charge is 1.00 e. The van der Waals surface area contributed by atoms with E-state index in [9.17, 15) is 9.59 Å². The van der Waals surface area contributed by atoms with Gasteiger partial charge in [-0.15, -0.1) is 0 Å². The Hall–Kier alpha value is -2.47. The molecule has 0 bridgehead atoms. The van der Waals surface area contributed by atoms with Crippen LogP contribution in [-0.2, 0) is 13.1 Å². The number of halogens is 1. The fourth-order valence-electron chi connectivity index (χ4n) is 3.57. The van der Waals surface area contributed by atoms with Crippen LogP contribution in [0.15, 0.2) is 47.1 Å². The van der Waals surface area contributed by atoms with Crippen LogP contribution in [0.25, 0.3) is 0 Å². The topological polar surface area (TPSA) is 56.1 Å². The standard InChI is InChI=1S/C20H19N2O3.BrH/c1-3-10-21-13(2)22(12-14-7-6-11-25-14)18-17(21)19(23)15-8-4-5-9-16(15)20(18)24;/h4-9,11H,3,10,12H2,1-2H3;1H/q+1;/p-1. The highest BCUT2D eigenvalue weighted by Crippen LogP contribution is 2.27. The van der Waals surface area contributed by atoms with Crippen LogP contribution in [0.5, 0.6) is 0 Å². The molecule has 0 saturated carbocycles. The molecule has 3 aromatic rings. The second-order valence-electron chi connectivity index (χ2n) is 6.27. The maximum atomic E-state index is 13.2. The number of carbonyl (C=O) groups is 2. The first kappa shape index (κ1) is 18.3. The lowest BCUT2D eigenvalue weighted by molar-refractivity contribution is -0.697. The number of benzene rings is 1. The van der Waals surface area contributed by atoms with Gasteiger partial charge in [0, 0.05) is 18.1 Å². The lowest BCUT2D eigenvalue weighted by atomic mass is 9.90. The number of carbonyl (C=O) groups excluding carboxylic acids is 2. The van der Waals surface area contributed by atoms with Gasteiger partial charge in [0.1, 0.15) is 12.3 Å². The third-order valence-electron chi connectivity index (χ3n) is 4.73. The molecule has 0 unspecified atom stereocenters. The van der Waals surface area contributed by atoms with Gasteiger partial charge in [0.2, 0.25) is 23.0 Å². The maximum Gasteiger partial charge on any atom is 0.254 e. The quantitative estimate of drug-likeness (QED) is 0.438. The molecule has 0 atom stereocenters. The van der Waals surface area contributed by atoms with Gasteiger partial charge in [-0.1, -0.05) is 31.2 Å². The van der Waals surface area contributed by atoms with Crippen molar-refractivity contribution in [2.24, 2.45) is 0 Å². The number of hydrogen-bond acceptors (Lipinski definition) is 3. The van der Waals surface area contributed by atoms with Crippen molar-refractivity contribution in [2.45, 2.75) is 33.4 Å². The summed E-state index contributed by atoms with van der Waals surface area (Å²) in [5.74, 6) is 1.45. The summed E-state index contributed by atoms with van der Waals surface area (Å²) >= 11 is 0. The summed E-state index contributed by atoms with van der Waals surface area (Å²) in [5, 5.41) is 0. The third-order valence-corrected chi connectivity index (χ3v) is 4.73. The Morgan fingerprint density at radius 2 is 1.73 bits per heavy atom. The Labute approximate surface area is 162 Å². The molecule has 0 N–H and O–H groups in total. The van der Waals surface area contributed by atoms with Gasteiger partial charge >= 0.3 is 0 Å². The van der Waals surface area contributed by atoms with Crippen molar-refractivity contribution in [2.75, 3.05) is 0 Å². The van der Waals surface area contributed by atoms with Crippen LogP contribution in [0, 0.1) is 6.92 Å². The highest BCUT2D eigenvalue weighted by molar-refractivity contribution is 6.26. The Bertz CT molecular complexity index is 987. The van der Waals surface area contributed by atoms with Crippen LogP contribution in [-0.4, -0.2) is 16.1 Å².